The van der Waals surface area contributed by atoms with Gasteiger partial charge in [0, 0.05) is 25.3 Å². The number of piperazine rings is 1. The van der Waals surface area contributed by atoms with Crippen LogP contribution in [0.15, 0.2) is 0 Å². The van der Waals surface area contributed by atoms with Gasteiger partial charge in [0.2, 0.25) is 17.7 Å². The van der Waals surface area contributed by atoms with E-state index < -0.39 is 30.2 Å². The van der Waals surface area contributed by atoms with Crippen molar-refractivity contribution in [3.05, 3.63) is 0 Å². The van der Waals surface area contributed by atoms with E-state index in [0.717, 1.165) is 0 Å². The molecule has 0 aromatic heterocycles. The molecule has 1 heterocycles. The van der Waals surface area contributed by atoms with Gasteiger partial charge in [-0.3, -0.25) is 19.2 Å². The highest BCUT2D eigenvalue weighted by molar-refractivity contribution is 7.99. The van der Waals surface area contributed by atoms with E-state index in [0.29, 0.717) is 18.8 Å². The highest BCUT2D eigenvalue weighted by Crippen LogP contribution is 2.12. The van der Waals surface area contributed by atoms with Crippen LogP contribution in [0.4, 0.5) is 0 Å². The summed E-state index contributed by atoms with van der Waals surface area (Å²) in [6.45, 7) is 0.609. The Morgan fingerprint density at radius 1 is 1.45 bits per heavy atom. The molecule has 1 aliphatic heterocycles. The molecule has 1 unspecified atom stereocenters. The molecule has 0 aromatic rings. The molecule has 1 rings (SSSR count). The van der Waals surface area contributed by atoms with Crippen LogP contribution in [0.1, 0.15) is 12.8 Å². The van der Waals surface area contributed by atoms with E-state index in [2.05, 4.69) is 5.32 Å². The quantitative estimate of drug-likeness (QED) is 0.485. The van der Waals surface area contributed by atoms with E-state index in [9.17, 15) is 19.2 Å². The number of amides is 3. The Kier molecular flexibility index (Phi) is 6.29. The molecule has 1 aliphatic rings. The molecular weight excluding hydrogens is 286 g/mol. The van der Waals surface area contributed by atoms with Gasteiger partial charge in [-0.2, -0.15) is 11.8 Å². The topological polar surface area (TPSA) is 130 Å². The third kappa shape index (κ3) is 5.08. The molecule has 0 radical (unpaired) electrons. The first-order chi connectivity index (χ1) is 9.41. The summed E-state index contributed by atoms with van der Waals surface area (Å²) in [4.78, 5) is 46.2. The van der Waals surface area contributed by atoms with Gasteiger partial charge in [-0.25, -0.2) is 0 Å². The lowest BCUT2D eigenvalue weighted by atomic mass is 10.1. The Labute approximate surface area is 120 Å². The van der Waals surface area contributed by atoms with Crippen LogP contribution in [0.25, 0.3) is 0 Å². The average Bonchev–Trinajstić information content (AvgIpc) is 2.36. The number of nitrogens with two attached hydrogens (primary N) is 1. The number of hydrogen-bond acceptors (Lipinski definition) is 5. The number of primary amides is 1. The standard InChI is InChI=1S/C11H17N3O5S/c12-8(15)6-20-4-1-9(16)14-3-2-13-11(19)7(14)5-10(17)18/h7H,1-6H2,(H2,12,15)(H,13,19)(H,17,18). The van der Waals surface area contributed by atoms with Crippen LogP contribution in [0.5, 0.6) is 0 Å². The summed E-state index contributed by atoms with van der Waals surface area (Å²) < 4.78 is 0. The minimum absolute atomic E-state index is 0.131. The number of thioether (sulfide) groups is 1. The van der Waals surface area contributed by atoms with Crippen LogP contribution in [-0.2, 0) is 19.2 Å². The summed E-state index contributed by atoms with van der Waals surface area (Å²) in [5.74, 6) is -1.79. The second kappa shape index (κ2) is 7.73. The van der Waals surface area contributed by atoms with E-state index in [4.69, 9.17) is 10.8 Å². The lowest BCUT2D eigenvalue weighted by Gasteiger charge is -2.34. The number of nitrogens with one attached hydrogen (secondary N) is 1. The molecule has 4 N–H and O–H groups in total. The monoisotopic (exact) mass is 303 g/mol. The van der Waals surface area contributed by atoms with E-state index in [1.807, 2.05) is 0 Å². The summed E-state index contributed by atoms with van der Waals surface area (Å²) in [5, 5.41) is 11.3. The Bertz CT molecular complexity index is 415. The maximum absolute atomic E-state index is 12.0. The van der Waals surface area contributed by atoms with Crippen molar-refractivity contribution >= 4 is 35.5 Å². The average molecular weight is 303 g/mol. The Morgan fingerprint density at radius 2 is 2.15 bits per heavy atom. The van der Waals surface area contributed by atoms with Crippen molar-refractivity contribution in [2.45, 2.75) is 18.9 Å². The smallest absolute Gasteiger partial charge is 0.305 e. The van der Waals surface area contributed by atoms with Crippen molar-refractivity contribution in [1.29, 1.82) is 0 Å². The van der Waals surface area contributed by atoms with Crippen LogP contribution >= 0.6 is 11.8 Å². The molecule has 112 valence electrons. The summed E-state index contributed by atoms with van der Waals surface area (Å²) in [6.07, 6.45) is -0.270. The summed E-state index contributed by atoms with van der Waals surface area (Å²) in [5.41, 5.74) is 4.97. The predicted octanol–water partition coefficient (Wildman–Crippen LogP) is -1.60. The highest BCUT2D eigenvalue weighted by Gasteiger charge is 2.34. The molecule has 0 aliphatic carbocycles. The SMILES string of the molecule is NC(=O)CSCCC(=O)N1CCNC(=O)C1CC(=O)O. The van der Waals surface area contributed by atoms with Crippen LogP contribution in [0.3, 0.4) is 0 Å². The van der Waals surface area contributed by atoms with Gasteiger partial charge < -0.3 is 21.1 Å². The van der Waals surface area contributed by atoms with Crippen LogP contribution in [-0.4, -0.2) is 64.3 Å². The Balaban J connectivity index is 2.52. The van der Waals surface area contributed by atoms with Crippen molar-refractivity contribution in [3.8, 4) is 0 Å². The minimum atomic E-state index is -1.13. The molecule has 20 heavy (non-hydrogen) atoms. The summed E-state index contributed by atoms with van der Waals surface area (Å²) >= 11 is 1.23. The number of nitrogens with zero attached hydrogens (tertiary/aromatic N) is 1. The molecule has 0 aromatic carbocycles. The number of aliphatic carboxylic acids is 1. The maximum Gasteiger partial charge on any atom is 0.305 e. The third-order valence-corrected chi connectivity index (χ3v) is 3.71. The van der Waals surface area contributed by atoms with Gasteiger partial charge in [-0.05, 0) is 0 Å². The van der Waals surface area contributed by atoms with Crippen LogP contribution < -0.4 is 11.1 Å². The van der Waals surface area contributed by atoms with Gasteiger partial charge in [0.1, 0.15) is 6.04 Å². The fourth-order valence-corrected chi connectivity index (χ4v) is 2.52. The van der Waals surface area contributed by atoms with E-state index in [-0.39, 0.29) is 18.1 Å². The molecule has 9 heteroatoms. The second-order valence-corrected chi connectivity index (χ2v) is 5.37. The Morgan fingerprint density at radius 3 is 2.75 bits per heavy atom. The number of rotatable bonds is 7. The van der Waals surface area contributed by atoms with Gasteiger partial charge in [0.25, 0.3) is 0 Å². The Hall–Kier alpha value is -1.77. The molecule has 0 bridgehead atoms. The van der Waals surface area contributed by atoms with Crippen molar-refractivity contribution < 1.29 is 24.3 Å². The first-order valence-corrected chi connectivity index (χ1v) is 7.22. The molecule has 1 atom stereocenters. The maximum atomic E-state index is 12.0. The van der Waals surface area contributed by atoms with E-state index in [1.54, 1.807) is 0 Å². The van der Waals surface area contributed by atoms with Crippen molar-refractivity contribution in [3.63, 3.8) is 0 Å². The first-order valence-electron chi connectivity index (χ1n) is 6.07. The molecular formula is C11H17N3O5S. The van der Waals surface area contributed by atoms with E-state index >= 15 is 0 Å². The number of carboxylic acid groups (broad SMARTS) is 1. The van der Waals surface area contributed by atoms with Crippen molar-refractivity contribution in [1.82, 2.24) is 10.2 Å². The number of carbonyl (C=O) groups is 4. The van der Waals surface area contributed by atoms with Gasteiger partial charge in [0.15, 0.2) is 0 Å². The first kappa shape index (κ1) is 16.3. The van der Waals surface area contributed by atoms with E-state index in [1.165, 1.54) is 16.7 Å². The number of carboxylic acids is 1. The molecule has 1 fully saturated rings. The van der Waals surface area contributed by atoms with Crippen LogP contribution in [0, 0.1) is 0 Å². The molecule has 1 saturated heterocycles. The lowest BCUT2D eigenvalue weighted by Crippen LogP contribution is -2.57. The minimum Gasteiger partial charge on any atom is -0.481 e. The summed E-state index contributed by atoms with van der Waals surface area (Å²) in [7, 11) is 0. The highest BCUT2D eigenvalue weighted by atomic mass is 32.2. The van der Waals surface area contributed by atoms with Gasteiger partial charge >= 0.3 is 5.97 Å². The van der Waals surface area contributed by atoms with Crippen LogP contribution in [0.2, 0.25) is 0 Å². The normalized spacial score (nSPS) is 18.5. The van der Waals surface area contributed by atoms with Crippen molar-refractivity contribution in [2.75, 3.05) is 24.6 Å². The van der Waals surface area contributed by atoms with Gasteiger partial charge in [-0.1, -0.05) is 0 Å². The van der Waals surface area contributed by atoms with Crippen molar-refractivity contribution in [2.24, 2.45) is 5.73 Å². The molecule has 0 saturated carbocycles. The zero-order valence-electron chi connectivity index (χ0n) is 10.8. The number of carbonyl (C=O) groups excluding carboxylic acids is 3. The fraction of sp³-hybridized carbons (Fsp3) is 0.636. The second-order valence-electron chi connectivity index (χ2n) is 4.26. The fourth-order valence-electron chi connectivity index (χ4n) is 1.86. The zero-order chi connectivity index (χ0) is 15.1. The molecule has 3 amide bonds. The third-order valence-electron chi connectivity index (χ3n) is 2.72. The summed E-state index contributed by atoms with van der Waals surface area (Å²) in [6, 6.07) is -0.963. The largest absolute Gasteiger partial charge is 0.481 e. The zero-order valence-corrected chi connectivity index (χ0v) is 11.6. The number of hydrogen-bond donors (Lipinski definition) is 3. The lowest BCUT2D eigenvalue weighted by molar-refractivity contribution is -0.148. The molecule has 8 nitrogen and oxygen atoms in total. The molecule has 0 spiro atoms. The van der Waals surface area contributed by atoms with Gasteiger partial charge in [0.05, 0.1) is 12.2 Å². The van der Waals surface area contributed by atoms with Gasteiger partial charge in [-0.15, -0.1) is 0 Å². The predicted molar refractivity (Wildman–Crippen MR) is 71.9 cm³/mol.